The first-order valence-electron chi connectivity index (χ1n) is 5.13. The molecular weight excluding hydrogens is 284 g/mol. The summed E-state index contributed by atoms with van der Waals surface area (Å²) in [6.45, 7) is 7.41. The number of thiocarbonyl (C=S) groups is 1. The molecule has 0 aliphatic heterocycles. The van der Waals surface area contributed by atoms with Crippen molar-refractivity contribution < 1.29 is 0 Å². The van der Waals surface area contributed by atoms with Crippen LogP contribution in [0.3, 0.4) is 0 Å². The molecule has 0 fully saturated rings. The summed E-state index contributed by atoms with van der Waals surface area (Å²) in [5.41, 5.74) is 7.77. The monoisotopic (exact) mass is 300 g/mol. The van der Waals surface area contributed by atoms with Gasteiger partial charge >= 0.3 is 0 Å². The van der Waals surface area contributed by atoms with Crippen molar-refractivity contribution in [2.24, 2.45) is 11.1 Å². The van der Waals surface area contributed by atoms with Crippen molar-refractivity contribution in [3.8, 4) is 0 Å². The molecule has 0 aliphatic carbocycles. The molecule has 0 bridgehead atoms. The Balaban J connectivity index is 2.93. The molecule has 1 rings (SSSR count). The van der Waals surface area contributed by atoms with E-state index >= 15 is 0 Å². The van der Waals surface area contributed by atoms with E-state index in [9.17, 15) is 0 Å². The molecule has 0 radical (unpaired) electrons. The second kappa shape index (κ2) is 5.15. The van der Waals surface area contributed by atoms with E-state index in [4.69, 9.17) is 18.0 Å². The van der Waals surface area contributed by atoms with Crippen molar-refractivity contribution in [3.63, 3.8) is 0 Å². The Labute approximate surface area is 111 Å². The predicted molar refractivity (Wildman–Crippen MR) is 78.0 cm³/mol. The van der Waals surface area contributed by atoms with Crippen molar-refractivity contribution in [1.82, 2.24) is 0 Å². The van der Waals surface area contributed by atoms with E-state index in [-0.39, 0.29) is 5.41 Å². The molecule has 1 aromatic rings. The fourth-order valence-electron chi connectivity index (χ4n) is 1.24. The van der Waals surface area contributed by atoms with Gasteiger partial charge in [-0.3, -0.25) is 0 Å². The molecule has 0 amide bonds. The standard InChI is InChI=1S/C12H17BrN2S/c1-12(2,3)7-15-10-6-8(13)4-5-9(10)11(14)16/h4-6,15H,7H2,1-3H3,(H2,14,16). The van der Waals surface area contributed by atoms with Gasteiger partial charge in [-0.25, -0.2) is 0 Å². The zero-order chi connectivity index (χ0) is 12.3. The number of hydrogen-bond donors (Lipinski definition) is 2. The number of benzene rings is 1. The van der Waals surface area contributed by atoms with E-state index < -0.39 is 0 Å². The summed E-state index contributed by atoms with van der Waals surface area (Å²) < 4.78 is 1.02. The number of anilines is 1. The fraction of sp³-hybridized carbons (Fsp3) is 0.417. The number of rotatable bonds is 3. The average molecular weight is 301 g/mol. The van der Waals surface area contributed by atoms with Crippen LogP contribution in [0, 0.1) is 5.41 Å². The van der Waals surface area contributed by atoms with Gasteiger partial charge in [0, 0.05) is 22.3 Å². The first-order valence-corrected chi connectivity index (χ1v) is 6.33. The van der Waals surface area contributed by atoms with Gasteiger partial charge in [0.1, 0.15) is 4.99 Å². The molecule has 0 saturated carbocycles. The Morgan fingerprint density at radius 3 is 2.56 bits per heavy atom. The second-order valence-electron chi connectivity index (χ2n) is 4.97. The maximum Gasteiger partial charge on any atom is 0.106 e. The van der Waals surface area contributed by atoms with Crippen molar-refractivity contribution in [3.05, 3.63) is 28.2 Å². The summed E-state index contributed by atoms with van der Waals surface area (Å²) >= 11 is 8.46. The molecule has 0 aromatic heterocycles. The summed E-state index contributed by atoms with van der Waals surface area (Å²) in [6, 6.07) is 5.87. The smallest absolute Gasteiger partial charge is 0.106 e. The summed E-state index contributed by atoms with van der Waals surface area (Å²) in [7, 11) is 0. The Bertz CT molecular complexity index is 396. The van der Waals surface area contributed by atoms with Crippen LogP contribution in [-0.4, -0.2) is 11.5 Å². The van der Waals surface area contributed by atoms with Crippen LogP contribution in [0.5, 0.6) is 0 Å². The first kappa shape index (κ1) is 13.5. The largest absolute Gasteiger partial charge is 0.389 e. The van der Waals surface area contributed by atoms with Gasteiger partial charge in [-0.2, -0.15) is 0 Å². The van der Waals surface area contributed by atoms with E-state index in [2.05, 4.69) is 42.0 Å². The van der Waals surface area contributed by atoms with Crippen LogP contribution >= 0.6 is 28.1 Å². The van der Waals surface area contributed by atoms with E-state index in [0.29, 0.717) is 4.99 Å². The van der Waals surface area contributed by atoms with Gasteiger partial charge in [0.2, 0.25) is 0 Å². The highest BCUT2D eigenvalue weighted by Crippen LogP contribution is 2.23. The maximum absolute atomic E-state index is 5.68. The lowest BCUT2D eigenvalue weighted by Crippen LogP contribution is -2.21. The van der Waals surface area contributed by atoms with Crippen LogP contribution in [0.4, 0.5) is 5.69 Å². The molecule has 0 aliphatic rings. The molecule has 2 nitrogen and oxygen atoms in total. The van der Waals surface area contributed by atoms with Crippen molar-refractivity contribution in [2.45, 2.75) is 20.8 Å². The quantitative estimate of drug-likeness (QED) is 0.839. The van der Waals surface area contributed by atoms with Crippen molar-refractivity contribution in [2.75, 3.05) is 11.9 Å². The van der Waals surface area contributed by atoms with Gasteiger partial charge in [-0.15, -0.1) is 0 Å². The Morgan fingerprint density at radius 2 is 2.06 bits per heavy atom. The SMILES string of the molecule is CC(C)(C)CNc1cc(Br)ccc1C(N)=S. The summed E-state index contributed by atoms with van der Waals surface area (Å²) in [5.74, 6) is 0. The molecule has 0 heterocycles. The molecule has 3 N–H and O–H groups in total. The number of nitrogens with one attached hydrogen (secondary N) is 1. The molecule has 88 valence electrons. The normalized spacial score (nSPS) is 11.2. The van der Waals surface area contributed by atoms with Crippen molar-refractivity contribution in [1.29, 1.82) is 0 Å². The topological polar surface area (TPSA) is 38.0 Å². The van der Waals surface area contributed by atoms with E-state index in [1.54, 1.807) is 0 Å². The van der Waals surface area contributed by atoms with Gasteiger partial charge in [0.25, 0.3) is 0 Å². The molecular formula is C12H17BrN2S. The molecule has 0 spiro atoms. The highest BCUT2D eigenvalue weighted by Gasteiger charge is 2.12. The summed E-state index contributed by atoms with van der Waals surface area (Å²) in [5, 5.41) is 3.38. The number of hydrogen-bond acceptors (Lipinski definition) is 2. The van der Waals surface area contributed by atoms with Crippen LogP contribution < -0.4 is 11.1 Å². The summed E-state index contributed by atoms with van der Waals surface area (Å²) in [6.07, 6.45) is 0. The molecule has 4 heteroatoms. The highest BCUT2D eigenvalue weighted by molar-refractivity contribution is 9.10. The third-order valence-electron chi connectivity index (χ3n) is 2.06. The van der Waals surface area contributed by atoms with Gasteiger partial charge < -0.3 is 11.1 Å². The molecule has 16 heavy (non-hydrogen) atoms. The van der Waals surface area contributed by atoms with Crippen LogP contribution in [-0.2, 0) is 0 Å². The van der Waals surface area contributed by atoms with Crippen LogP contribution in [0.25, 0.3) is 0 Å². The van der Waals surface area contributed by atoms with Gasteiger partial charge in [0.05, 0.1) is 0 Å². The third kappa shape index (κ3) is 4.10. The van der Waals surface area contributed by atoms with Crippen LogP contribution in [0.15, 0.2) is 22.7 Å². The minimum atomic E-state index is 0.218. The van der Waals surface area contributed by atoms with Gasteiger partial charge in [0.15, 0.2) is 0 Å². The van der Waals surface area contributed by atoms with Gasteiger partial charge in [-0.1, -0.05) is 48.9 Å². The first-order chi connectivity index (χ1) is 7.29. The third-order valence-corrected chi connectivity index (χ3v) is 2.77. The zero-order valence-electron chi connectivity index (χ0n) is 9.80. The maximum atomic E-state index is 5.68. The predicted octanol–water partition coefficient (Wildman–Crippen LogP) is 3.54. The minimum Gasteiger partial charge on any atom is -0.389 e. The lowest BCUT2D eigenvalue weighted by Gasteiger charge is -2.21. The average Bonchev–Trinajstić information content (AvgIpc) is 2.13. The Hall–Kier alpha value is -0.610. The minimum absolute atomic E-state index is 0.218. The molecule has 1 aromatic carbocycles. The Kier molecular flexibility index (Phi) is 4.33. The van der Waals surface area contributed by atoms with E-state index in [1.165, 1.54) is 0 Å². The Morgan fingerprint density at radius 1 is 1.44 bits per heavy atom. The molecule has 0 saturated heterocycles. The van der Waals surface area contributed by atoms with E-state index in [1.807, 2.05) is 18.2 Å². The molecule has 0 unspecified atom stereocenters. The van der Waals surface area contributed by atoms with Crippen LogP contribution in [0.2, 0.25) is 0 Å². The molecule has 0 atom stereocenters. The highest BCUT2D eigenvalue weighted by atomic mass is 79.9. The van der Waals surface area contributed by atoms with E-state index in [0.717, 1.165) is 22.3 Å². The summed E-state index contributed by atoms with van der Waals surface area (Å²) in [4.78, 5) is 0.420. The second-order valence-corrected chi connectivity index (χ2v) is 6.32. The lowest BCUT2D eigenvalue weighted by atomic mass is 9.96. The number of nitrogens with two attached hydrogens (primary N) is 1. The van der Waals surface area contributed by atoms with Crippen molar-refractivity contribution >= 4 is 38.8 Å². The lowest BCUT2D eigenvalue weighted by molar-refractivity contribution is 0.443. The zero-order valence-corrected chi connectivity index (χ0v) is 12.2. The van der Waals surface area contributed by atoms with Crippen LogP contribution in [0.1, 0.15) is 26.3 Å². The van der Waals surface area contributed by atoms with Gasteiger partial charge in [-0.05, 0) is 23.6 Å². The fourth-order valence-corrected chi connectivity index (χ4v) is 1.78. The number of halogens is 1.